The highest BCUT2D eigenvalue weighted by Crippen LogP contribution is 2.38. The van der Waals surface area contributed by atoms with Gasteiger partial charge >= 0.3 is 6.03 Å². The Morgan fingerprint density at radius 1 is 0.925 bits per heavy atom. The van der Waals surface area contributed by atoms with Gasteiger partial charge in [0.2, 0.25) is 5.91 Å². The van der Waals surface area contributed by atoms with Gasteiger partial charge in [0.1, 0.15) is 0 Å². The largest absolute Gasteiger partial charge is 0.353 e. The third-order valence-electron chi connectivity index (χ3n) is 8.79. The van der Waals surface area contributed by atoms with Crippen LogP contribution in [0.5, 0.6) is 0 Å². The van der Waals surface area contributed by atoms with Crippen LogP contribution in [0.25, 0.3) is 6.08 Å². The third kappa shape index (κ3) is 5.98. The van der Waals surface area contributed by atoms with Crippen LogP contribution in [-0.4, -0.2) is 52.9 Å². The number of unbranched alkanes of at least 4 members (excludes halogenated alkanes) is 1. The van der Waals surface area contributed by atoms with Crippen LogP contribution in [-0.2, 0) is 4.79 Å². The maximum absolute atomic E-state index is 13.3. The van der Waals surface area contributed by atoms with E-state index in [0.29, 0.717) is 17.7 Å². The number of urea groups is 1. The minimum Gasteiger partial charge on any atom is -0.353 e. The molecule has 40 heavy (non-hydrogen) atoms. The smallest absolute Gasteiger partial charge is 0.315 e. The zero-order valence-electron chi connectivity index (χ0n) is 22.7. The van der Waals surface area contributed by atoms with E-state index in [0.717, 1.165) is 73.0 Å². The summed E-state index contributed by atoms with van der Waals surface area (Å²) < 4.78 is 0. The zero-order chi connectivity index (χ0) is 27.5. The Kier molecular flexibility index (Phi) is 8.25. The molecule has 2 heterocycles. The second-order valence-electron chi connectivity index (χ2n) is 11.5. The molecular formula is C32H38N4O3S. The first-order valence-corrected chi connectivity index (χ1v) is 15.7. The number of Topliss-reactive ketones (excluding diaryl/α,β-unsaturated/α-hetero) is 1. The fraction of sp³-hybridized carbons (Fsp3) is 0.469. The number of carbonyl (C=O) groups excluding carboxylic acids is 3. The molecule has 210 valence electrons. The minimum atomic E-state index is -0.110. The van der Waals surface area contributed by atoms with E-state index >= 15 is 0 Å². The molecule has 1 unspecified atom stereocenters. The fourth-order valence-electron chi connectivity index (χ4n) is 6.68. The Morgan fingerprint density at radius 2 is 1.68 bits per heavy atom. The fourth-order valence-corrected chi connectivity index (χ4v) is 8.22. The molecular weight excluding hydrogens is 520 g/mol. The average Bonchev–Trinajstić information content (AvgIpc) is 3.60. The molecule has 3 fully saturated rings. The maximum atomic E-state index is 13.3. The normalized spacial score (nSPS) is 30.1. The predicted octanol–water partition coefficient (Wildman–Crippen LogP) is 4.75. The lowest BCUT2D eigenvalue weighted by Crippen LogP contribution is -2.43. The summed E-state index contributed by atoms with van der Waals surface area (Å²) in [5.41, 5.74) is 3.69. The lowest BCUT2D eigenvalue weighted by molar-refractivity contribution is -0.122. The monoisotopic (exact) mass is 558 g/mol. The molecule has 2 aromatic rings. The Balaban J connectivity index is 0.962. The number of ketones is 1. The molecule has 2 aliphatic heterocycles. The lowest BCUT2D eigenvalue weighted by atomic mass is 9.89. The molecule has 1 saturated carbocycles. The number of benzene rings is 2. The van der Waals surface area contributed by atoms with Crippen LogP contribution in [0.15, 0.2) is 60.2 Å². The van der Waals surface area contributed by atoms with Gasteiger partial charge in [0.25, 0.3) is 0 Å². The minimum absolute atomic E-state index is 0.0461. The van der Waals surface area contributed by atoms with E-state index in [1.165, 1.54) is 0 Å². The Bertz CT molecular complexity index is 1270. The number of rotatable bonds is 9. The molecule has 2 saturated heterocycles. The highest BCUT2D eigenvalue weighted by Gasteiger charge is 2.42. The van der Waals surface area contributed by atoms with E-state index in [1.54, 1.807) is 0 Å². The first-order chi connectivity index (χ1) is 19.5. The summed E-state index contributed by atoms with van der Waals surface area (Å²) in [5, 5.41) is 13.5. The molecule has 7 nitrogen and oxygen atoms in total. The number of nitrogens with one attached hydrogen (secondary N) is 4. The quantitative estimate of drug-likeness (QED) is 0.202. The lowest BCUT2D eigenvalue weighted by Gasteiger charge is -2.32. The Hall–Kier alpha value is -3.10. The van der Waals surface area contributed by atoms with Crippen molar-refractivity contribution in [3.63, 3.8) is 0 Å². The SMILES string of the molecule is O=C(CCCC[C@@H]1SC[C@@H]2NC(=O)N[C@@H]21)NC1CCC(NC2/C(=C\c3ccccc3)C(=O)c3ccccc32)CC1. The van der Waals surface area contributed by atoms with E-state index in [9.17, 15) is 14.4 Å². The molecule has 0 radical (unpaired) electrons. The van der Waals surface area contributed by atoms with Crippen molar-refractivity contribution in [2.45, 2.75) is 86.8 Å². The van der Waals surface area contributed by atoms with Crippen molar-refractivity contribution in [1.82, 2.24) is 21.3 Å². The summed E-state index contributed by atoms with van der Waals surface area (Å²) in [6.45, 7) is 0. The van der Waals surface area contributed by atoms with Crippen LogP contribution in [0, 0.1) is 0 Å². The summed E-state index contributed by atoms with van der Waals surface area (Å²) in [6, 6.07) is 18.8. The van der Waals surface area contributed by atoms with Gasteiger partial charge < -0.3 is 21.3 Å². The topological polar surface area (TPSA) is 99.3 Å². The zero-order valence-corrected chi connectivity index (χ0v) is 23.6. The molecule has 8 heteroatoms. The van der Waals surface area contributed by atoms with Crippen LogP contribution in [0.2, 0.25) is 0 Å². The second kappa shape index (κ2) is 12.2. The van der Waals surface area contributed by atoms with Crippen molar-refractivity contribution in [3.8, 4) is 0 Å². The standard InChI is InChI=1S/C32H38N4O3S/c37-28(13-7-6-12-27-30-26(19-40-27)35-32(39)36-30)33-21-14-16-22(17-15-21)34-29-23-10-4-5-11-24(23)31(38)25(29)18-20-8-2-1-3-9-20/h1-5,8-11,18,21-22,26-27,29-30,34H,6-7,12-17,19H2,(H,33,37)(H2,35,36,39)/b25-18+/t21?,22?,26-,27-,29?,30-/m0/s1. The van der Waals surface area contributed by atoms with Crippen LogP contribution in [0.1, 0.15) is 78.9 Å². The summed E-state index contributed by atoms with van der Waals surface area (Å²) in [5.74, 6) is 1.22. The summed E-state index contributed by atoms with van der Waals surface area (Å²) in [6.07, 6.45) is 9.32. The highest BCUT2D eigenvalue weighted by molar-refractivity contribution is 8.00. The predicted molar refractivity (Wildman–Crippen MR) is 159 cm³/mol. The van der Waals surface area contributed by atoms with E-state index in [2.05, 4.69) is 27.3 Å². The average molecular weight is 559 g/mol. The molecule has 0 spiro atoms. The van der Waals surface area contributed by atoms with Crippen molar-refractivity contribution in [2.75, 3.05) is 5.75 Å². The van der Waals surface area contributed by atoms with E-state index in [4.69, 9.17) is 0 Å². The number of fused-ring (bicyclic) bond motifs is 2. The van der Waals surface area contributed by atoms with E-state index in [-0.39, 0.29) is 41.9 Å². The molecule has 4 atom stereocenters. The van der Waals surface area contributed by atoms with Gasteiger partial charge in [-0.1, -0.05) is 61.0 Å². The Labute approximate surface area is 240 Å². The van der Waals surface area contributed by atoms with Crippen LogP contribution >= 0.6 is 11.8 Å². The second-order valence-corrected chi connectivity index (χ2v) is 12.8. The third-order valence-corrected chi connectivity index (χ3v) is 10.3. The number of amides is 3. The van der Waals surface area contributed by atoms with Crippen molar-refractivity contribution >= 4 is 35.6 Å². The molecule has 0 bridgehead atoms. The molecule has 6 rings (SSSR count). The maximum Gasteiger partial charge on any atom is 0.315 e. The van der Waals surface area contributed by atoms with Gasteiger partial charge in [-0.2, -0.15) is 11.8 Å². The van der Waals surface area contributed by atoms with E-state index in [1.807, 2.05) is 66.4 Å². The van der Waals surface area contributed by atoms with Gasteiger partial charge in [0, 0.05) is 40.6 Å². The number of thioether (sulfide) groups is 1. The Morgan fingerprint density at radius 3 is 2.50 bits per heavy atom. The van der Waals surface area contributed by atoms with Crippen LogP contribution in [0.3, 0.4) is 0 Å². The van der Waals surface area contributed by atoms with Crippen molar-refractivity contribution in [2.24, 2.45) is 0 Å². The first-order valence-electron chi connectivity index (χ1n) is 14.7. The molecule has 3 amide bonds. The van der Waals surface area contributed by atoms with Gasteiger partial charge in [-0.05, 0) is 55.7 Å². The molecule has 2 aliphatic carbocycles. The summed E-state index contributed by atoms with van der Waals surface area (Å²) in [4.78, 5) is 37.5. The molecule has 4 aliphatic rings. The van der Waals surface area contributed by atoms with Gasteiger partial charge in [0.15, 0.2) is 5.78 Å². The van der Waals surface area contributed by atoms with Crippen molar-refractivity contribution in [1.29, 1.82) is 0 Å². The van der Waals surface area contributed by atoms with Crippen molar-refractivity contribution in [3.05, 3.63) is 76.9 Å². The van der Waals surface area contributed by atoms with Gasteiger partial charge in [-0.3, -0.25) is 9.59 Å². The number of carbonyl (C=O) groups is 3. The summed E-state index contributed by atoms with van der Waals surface area (Å²) in [7, 11) is 0. The van der Waals surface area contributed by atoms with Gasteiger partial charge in [-0.15, -0.1) is 0 Å². The van der Waals surface area contributed by atoms with Crippen LogP contribution in [0.4, 0.5) is 4.79 Å². The van der Waals surface area contributed by atoms with E-state index < -0.39 is 0 Å². The number of hydrogen-bond donors (Lipinski definition) is 4. The highest BCUT2D eigenvalue weighted by atomic mass is 32.2. The molecule has 4 N–H and O–H groups in total. The van der Waals surface area contributed by atoms with Gasteiger partial charge in [0.05, 0.1) is 18.1 Å². The molecule has 2 aromatic carbocycles. The van der Waals surface area contributed by atoms with Crippen molar-refractivity contribution < 1.29 is 14.4 Å². The number of hydrogen-bond acceptors (Lipinski definition) is 5. The molecule has 0 aromatic heterocycles. The van der Waals surface area contributed by atoms with Gasteiger partial charge in [-0.25, -0.2) is 4.79 Å². The van der Waals surface area contributed by atoms with Crippen LogP contribution < -0.4 is 21.3 Å². The summed E-state index contributed by atoms with van der Waals surface area (Å²) >= 11 is 1.93. The first kappa shape index (κ1) is 27.1.